The van der Waals surface area contributed by atoms with Gasteiger partial charge in [-0.1, -0.05) is 38.1 Å². The molecule has 0 saturated heterocycles. The lowest BCUT2D eigenvalue weighted by atomic mass is 10.0. The Morgan fingerprint density at radius 1 is 1.05 bits per heavy atom. The van der Waals surface area contributed by atoms with Crippen LogP contribution in [0, 0.1) is 5.92 Å². The maximum atomic E-state index is 11.2. The van der Waals surface area contributed by atoms with Gasteiger partial charge in [-0.3, -0.25) is 0 Å². The number of rotatable bonds is 7. The Kier molecular flexibility index (Phi) is 6.01. The van der Waals surface area contributed by atoms with Crippen LogP contribution in [-0.4, -0.2) is 26.5 Å². The van der Waals surface area contributed by atoms with Gasteiger partial charge in [0.05, 0.1) is 5.75 Å². The summed E-state index contributed by atoms with van der Waals surface area (Å²) in [5.41, 5.74) is 2.54. The van der Waals surface area contributed by atoms with Gasteiger partial charge in [0.15, 0.2) is 0 Å². The number of sulfone groups is 1. The highest BCUT2D eigenvalue weighted by Gasteiger charge is 2.09. The van der Waals surface area contributed by atoms with Crippen LogP contribution in [0.3, 0.4) is 0 Å². The Morgan fingerprint density at radius 2 is 1.58 bits per heavy atom. The minimum atomic E-state index is -2.91. The molecule has 0 aromatic heterocycles. The van der Waals surface area contributed by atoms with E-state index in [-0.39, 0.29) is 11.8 Å². The summed E-state index contributed by atoms with van der Waals surface area (Å²) in [5.74, 6) is 0.845. The largest absolute Gasteiger partial charge is 0.309 e. The van der Waals surface area contributed by atoms with E-state index in [1.54, 1.807) is 0 Å². The molecule has 3 nitrogen and oxygen atoms in total. The van der Waals surface area contributed by atoms with Crippen molar-refractivity contribution in [3.63, 3.8) is 0 Å². The Morgan fingerprint density at radius 3 is 2.05 bits per heavy atom. The van der Waals surface area contributed by atoms with E-state index < -0.39 is 9.84 Å². The summed E-state index contributed by atoms with van der Waals surface area (Å²) < 4.78 is 22.3. The van der Waals surface area contributed by atoms with Crippen LogP contribution in [-0.2, 0) is 22.8 Å². The van der Waals surface area contributed by atoms with E-state index in [9.17, 15) is 8.42 Å². The van der Waals surface area contributed by atoms with Gasteiger partial charge in [0.25, 0.3) is 0 Å². The highest BCUT2D eigenvalue weighted by molar-refractivity contribution is 7.90. The van der Waals surface area contributed by atoms with Crippen molar-refractivity contribution in [2.24, 2.45) is 5.92 Å². The molecule has 0 unspecified atom stereocenters. The summed E-state index contributed by atoms with van der Waals surface area (Å²) in [6, 6.07) is 8.50. The molecule has 0 bridgehead atoms. The van der Waals surface area contributed by atoms with E-state index in [1.807, 2.05) is 6.92 Å². The zero-order chi connectivity index (χ0) is 14.5. The quantitative estimate of drug-likeness (QED) is 0.836. The average molecular weight is 283 g/mol. The van der Waals surface area contributed by atoms with Crippen LogP contribution in [0.2, 0.25) is 0 Å². The zero-order valence-electron chi connectivity index (χ0n) is 12.3. The SMILES string of the molecule is CC(C)Cc1ccc(CN[C@@H](C)CS(C)(=O)=O)cc1. The maximum absolute atomic E-state index is 11.2. The smallest absolute Gasteiger partial charge is 0.148 e. The molecule has 4 heteroatoms. The molecule has 0 aliphatic heterocycles. The summed E-state index contributed by atoms with van der Waals surface area (Å²) in [7, 11) is -2.91. The normalized spacial score (nSPS) is 13.7. The van der Waals surface area contributed by atoms with Crippen molar-refractivity contribution in [1.82, 2.24) is 5.32 Å². The number of nitrogens with one attached hydrogen (secondary N) is 1. The van der Waals surface area contributed by atoms with Gasteiger partial charge in [0.1, 0.15) is 9.84 Å². The molecule has 0 heterocycles. The van der Waals surface area contributed by atoms with E-state index in [4.69, 9.17) is 0 Å². The monoisotopic (exact) mass is 283 g/mol. The van der Waals surface area contributed by atoms with Gasteiger partial charge in [-0.25, -0.2) is 8.42 Å². The Labute approximate surface area is 117 Å². The third-order valence-corrected chi connectivity index (χ3v) is 3.98. The molecule has 0 aliphatic rings. The first-order valence-corrected chi connectivity index (χ1v) is 8.81. The summed E-state index contributed by atoms with van der Waals surface area (Å²) >= 11 is 0. The van der Waals surface area contributed by atoms with Crippen molar-refractivity contribution < 1.29 is 8.42 Å². The van der Waals surface area contributed by atoms with Crippen molar-refractivity contribution in [3.05, 3.63) is 35.4 Å². The van der Waals surface area contributed by atoms with Crippen LogP contribution < -0.4 is 5.32 Å². The van der Waals surface area contributed by atoms with E-state index in [0.29, 0.717) is 12.5 Å². The molecule has 1 aromatic carbocycles. The molecule has 0 spiro atoms. The van der Waals surface area contributed by atoms with E-state index >= 15 is 0 Å². The van der Waals surface area contributed by atoms with Crippen LogP contribution >= 0.6 is 0 Å². The van der Waals surface area contributed by atoms with Gasteiger partial charge >= 0.3 is 0 Å². The lowest BCUT2D eigenvalue weighted by Crippen LogP contribution is -2.32. The average Bonchev–Trinajstić information content (AvgIpc) is 2.25. The predicted molar refractivity (Wildman–Crippen MR) is 81.0 cm³/mol. The van der Waals surface area contributed by atoms with Gasteiger partial charge < -0.3 is 5.32 Å². The van der Waals surface area contributed by atoms with E-state index in [2.05, 4.69) is 43.4 Å². The summed E-state index contributed by atoms with van der Waals surface area (Å²) in [5, 5.41) is 3.24. The van der Waals surface area contributed by atoms with Gasteiger partial charge in [-0.2, -0.15) is 0 Å². The molecule has 1 N–H and O–H groups in total. The van der Waals surface area contributed by atoms with Gasteiger partial charge in [-0.15, -0.1) is 0 Å². The molecule has 0 amide bonds. The van der Waals surface area contributed by atoms with Crippen LogP contribution in [0.25, 0.3) is 0 Å². The number of hydrogen-bond donors (Lipinski definition) is 1. The van der Waals surface area contributed by atoms with Crippen molar-refractivity contribution in [1.29, 1.82) is 0 Å². The van der Waals surface area contributed by atoms with Crippen LogP contribution in [0.4, 0.5) is 0 Å². The fourth-order valence-corrected chi connectivity index (χ4v) is 3.10. The lowest BCUT2D eigenvalue weighted by molar-refractivity contribution is 0.560. The lowest BCUT2D eigenvalue weighted by Gasteiger charge is -2.13. The number of benzene rings is 1. The first-order chi connectivity index (χ1) is 8.76. The summed E-state index contributed by atoms with van der Waals surface area (Å²) in [6.07, 6.45) is 2.37. The molecule has 0 saturated carbocycles. The standard InChI is InChI=1S/C15H25NO2S/c1-12(2)9-14-5-7-15(8-6-14)10-16-13(3)11-19(4,17)18/h5-8,12-13,16H,9-11H2,1-4H3/t13-/m0/s1. The third kappa shape index (κ3) is 7.33. The van der Waals surface area contributed by atoms with Crippen molar-refractivity contribution in [3.8, 4) is 0 Å². The van der Waals surface area contributed by atoms with Crippen molar-refractivity contribution >= 4 is 9.84 Å². The molecule has 0 fully saturated rings. The first-order valence-electron chi connectivity index (χ1n) is 6.75. The van der Waals surface area contributed by atoms with Gasteiger partial charge in [0.2, 0.25) is 0 Å². The highest BCUT2D eigenvalue weighted by Crippen LogP contribution is 2.09. The zero-order valence-corrected chi connectivity index (χ0v) is 13.1. The Balaban J connectivity index is 2.45. The minimum absolute atomic E-state index is 0.0228. The van der Waals surface area contributed by atoms with Crippen molar-refractivity contribution in [2.75, 3.05) is 12.0 Å². The third-order valence-electron chi connectivity index (χ3n) is 2.87. The molecule has 19 heavy (non-hydrogen) atoms. The minimum Gasteiger partial charge on any atom is -0.309 e. The fourth-order valence-electron chi connectivity index (χ4n) is 2.07. The second-order valence-corrected chi connectivity index (χ2v) is 7.97. The van der Waals surface area contributed by atoms with E-state index in [1.165, 1.54) is 17.4 Å². The fraction of sp³-hybridized carbons (Fsp3) is 0.600. The Hall–Kier alpha value is -0.870. The number of hydrogen-bond acceptors (Lipinski definition) is 3. The first kappa shape index (κ1) is 16.2. The Bertz CT molecular complexity index is 477. The van der Waals surface area contributed by atoms with E-state index in [0.717, 1.165) is 6.42 Å². The topological polar surface area (TPSA) is 46.2 Å². The highest BCUT2D eigenvalue weighted by atomic mass is 32.2. The summed E-state index contributed by atoms with van der Waals surface area (Å²) in [6.45, 7) is 7.03. The molecular weight excluding hydrogens is 258 g/mol. The molecule has 0 aliphatic carbocycles. The second-order valence-electron chi connectivity index (χ2n) is 5.79. The van der Waals surface area contributed by atoms with Crippen LogP contribution in [0.1, 0.15) is 31.9 Å². The second kappa shape index (κ2) is 7.06. The predicted octanol–water partition coefficient (Wildman–Crippen LogP) is 2.41. The summed E-state index contributed by atoms with van der Waals surface area (Å²) in [4.78, 5) is 0. The molecular formula is C15H25NO2S. The molecule has 1 rings (SSSR count). The molecule has 0 radical (unpaired) electrons. The molecule has 1 aromatic rings. The van der Waals surface area contributed by atoms with Gasteiger partial charge in [0, 0.05) is 18.8 Å². The van der Waals surface area contributed by atoms with Crippen LogP contribution in [0.15, 0.2) is 24.3 Å². The van der Waals surface area contributed by atoms with Crippen LogP contribution in [0.5, 0.6) is 0 Å². The van der Waals surface area contributed by atoms with Gasteiger partial charge in [-0.05, 0) is 30.4 Å². The molecule has 108 valence electrons. The molecule has 1 atom stereocenters. The maximum Gasteiger partial charge on any atom is 0.148 e. The van der Waals surface area contributed by atoms with Crippen molar-refractivity contribution in [2.45, 2.75) is 39.8 Å².